The highest BCUT2D eigenvalue weighted by Crippen LogP contribution is 2.41. The second kappa shape index (κ2) is 3.99. The molecular formula is C8H12BrF3. The van der Waals surface area contributed by atoms with E-state index in [-0.39, 0.29) is 5.92 Å². The summed E-state index contributed by atoms with van der Waals surface area (Å²) < 4.78 is 37.1. The lowest BCUT2D eigenvalue weighted by Gasteiger charge is -2.31. The van der Waals surface area contributed by atoms with Gasteiger partial charge in [-0.25, -0.2) is 0 Å². The van der Waals surface area contributed by atoms with Crippen molar-refractivity contribution in [3.05, 3.63) is 0 Å². The van der Waals surface area contributed by atoms with E-state index in [9.17, 15) is 13.2 Å². The molecule has 0 nitrogen and oxygen atoms in total. The zero-order chi connectivity index (χ0) is 9.19. The van der Waals surface area contributed by atoms with Crippen LogP contribution in [0.2, 0.25) is 0 Å². The van der Waals surface area contributed by atoms with Crippen molar-refractivity contribution in [2.75, 3.05) is 5.33 Å². The lowest BCUT2D eigenvalue weighted by molar-refractivity contribution is -0.193. The molecule has 0 radical (unpaired) electrons. The molecule has 1 saturated carbocycles. The smallest absolute Gasteiger partial charge is 0.171 e. The summed E-state index contributed by atoms with van der Waals surface area (Å²) in [7, 11) is 0. The van der Waals surface area contributed by atoms with Crippen molar-refractivity contribution in [3.8, 4) is 0 Å². The molecule has 0 aromatic carbocycles. The van der Waals surface area contributed by atoms with Gasteiger partial charge in [0.2, 0.25) is 0 Å². The van der Waals surface area contributed by atoms with E-state index in [4.69, 9.17) is 0 Å². The lowest BCUT2D eigenvalue weighted by atomic mass is 9.80. The SMILES string of the molecule is FC(F)(F)C1CCCCC1CBr. The van der Waals surface area contributed by atoms with E-state index in [0.717, 1.165) is 19.3 Å². The molecule has 0 amide bonds. The molecule has 0 aliphatic heterocycles. The molecule has 0 saturated heterocycles. The van der Waals surface area contributed by atoms with Crippen LogP contribution < -0.4 is 0 Å². The average Bonchev–Trinajstić information content (AvgIpc) is 2.03. The fourth-order valence-corrected chi connectivity index (χ4v) is 2.60. The molecule has 0 aromatic rings. The second-order valence-corrected chi connectivity index (χ2v) is 3.99. The highest BCUT2D eigenvalue weighted by atomic mass is 79.9. The lowest BCUT2D eigenvalue weighted by Crippen LogP contribution is -2.33. The Morgan fingerprint density at radius 3 is 2.17 bits per heavy atom. The number of alkyl halides is 4. The minimum absolute atomic E-state index is 0.196. The summed E-state index contributed by atoms with van der Waals surface area (Å²) in [5, 5.41) is 0.483. The summed E-state index contributed by atoms with van der Waals surface area (Å²) >= 11 is 3.14. The summed E-state index contributed by atoms with van der Waals surface area (Å²) in [5.74, 6) is -1.26. The summed E-state index contributed by atoms with van der Waals surface area (Å²) in [4.78, 5) is 0. The number of halogens is 4. The van der Waals surface area contributed by atoms with E-state index in [0.29, 0.717) is 11.8 Å². The number of hydrogen-bond donors (Lipinski definition) is 0. The van der Waals surface area contributed by atoms with Crippen LogP contribution in [-0.2, 0) is 0 Å². The molecule has 1 aliphatic carbocycles. The third kappa shape index (κ3) is 2.38. The van der Waals surface area contributed by atoms with Gasteiger partial charge in [0.25, 0.3) is 0 Å². The molecule has 2 atom stereocenters. The van der Waals surface area contributed by atoms with E-state index < -0.39 is 12.1 Å². The van der Waals surface area contributed by atoms with Gasteiger partial charge in [0, 0.05) is 5.33 Å². The van der Waals surface area contributed by atoms with Crippen molar-refractivity contribution in [2.45, 2.75) is 31.9 Å². The van der Waals surface area contributed by atoms with Crippen molar-refractivity contribution in [1.29, 1.82) is 0 Å². The molecular weight excluding hydrogens is 233 g/mol. The molecule has 0 N–H and O–H groups in total. The topological polar surface area (TPSA) is 0 Å². The highest BCUT2D eigenvalue weighted by Gasteiger charge is 2.44. The van der Waals surface area contributed by atoms with Gasteiger partial charge in [-0.3, -0.25) is 0 Å². The van der Waals surface area contributed by atoms with Crippen LogP contribution in [0.5, 0.6) is 0 Å². The Labute approximate surface area is 78.7 Å². The first kappa shape index (κ1) is 10.4. The molecule has 0 spiro atoms. The number of hydrogen-bond acceptors (Lipinski definition) is 0. The summed E-state index contributed by atoms with van der Waals surface area (Å²) in [6.45, 7) is 0. The molecule has 4 heteroatoms. The maximum Gasteiger partial charge on any atom is 0.392 e. The Morgan fingerprint density at radius 1 is 1.17 bits per heavy atom. The first-order valence-corrected chi connectivity index (χ1v) is 5.30. The summed E-state index contributed by atoms with van der Waals surface area (Å²) in [5.41, 5.74) is 0. The van der Waals surface area contributed by atoms with Crippen LogP contribution in [0.15, 0.2) is 0 Å². The zero-order valence-electron chi connectivity index (χ0n) is 6.70. The van der Waals surface area contributed by atoms with Crippen LogP contribution in [0.4, 0.5) is 13.2 Å². The average molecular weight is 245 g/mol. The first-order valence-electron chi connectivity index (χ1n) is 4.18. The molecule has 1 rings (SSSR count). The Hall–Kier alpha value is 0.270. The van der Waals surface area contributed by atoms with E-state index in [1.807, 2.05) is 0 Å². The largest absolute Gasteiger partial charge is 0.392 e. The molecule has 1 aliphatic rings. The van der Waals surface area contributed by atoms with Gasteiger partial charge in [0.15, 0.2) is 0 Å². The van der Waals surface area contributed by atoms with E-state index >= 15 is 0 Å². The van der Waals surface area contributed by atoms with Crippen molar-refractivity contribution in [3.63, 3.8) is 0 Å². The molecule has 1 fully saturated rings. The predicted molar refractivity (Wildman–Crippen MR) is 45.3 cm³/mol. The van der Waals surface area contributed by atoms with Gasteiger partial charge in [-0.2, -0.15) is 13.2 Å². The molecule has 0 bridgehead atoms. The third-order valence-electron chi connectivity index (χ3n) is 2.53. The van der Waals surface area contributed by atoms with Gasteiger partial charge < -0.3 is 0 Å². The predicted octanol–water partition coefficient (Wildman–Crippen LogP) is 3.75. The van der Waals surface area contributed by atoms with Gasteiger partial charge in [-0.1, -0.05) is 28.8 Å². The second-order valence-electron chi connectivity index (χ2n) is 3.35. The van der Waals surface area contributed by atoms with Crippen LogP contribution >= 0.6 is 15.9 Å². The Morgan fingerprint density at radius 2 is 1.75 bits per heavy atom. The third-order valence-corrected chi connectivity index (χ3v) is 3.36. The van der Waals surface area contributed by atoms with E-state index in [1.54, 1.807) is 0 Å². The van der Waals surface area contributed by atoms with Crippen molar-refractivity contribution < 1.29 is 13.2 Å². The highest BCUT2D eigenvalue weighted by molar-refractivity contribution is 9.09. The zero-order valence-corrected chi connectivity index (χ0v) is 8.29. The maximum absolute atomic E-state index is 12.4. The fourth-order valence-electron chi connectivity index (χ4n) is 1.82. The molecule has 2 unspecified atom stereocenters. The van der Waals surface area contributed by atoms with Crippen molar-refractivity contribution >= 4 is 15.9 Å². The van der Waals surface area contributed by atoms with Crippen LogP contribution in [0.1, 0.15) is 25.7 Å². The monoisotopic (exact) mass is 244 g/mol. The minimum Gasteiger partial charge on any atom is -0.171 e. The molecule has 72 valence electrons. The van der Waals surface area contributed by atoms with Crippen LogP contribution in [0.25, 0.3) is 0 Å². The number of rotatable bonds is 1. The Kier molecular flexibility index (Phi) is 3.44. The molecule has 0 heterocycles. The summed E-state index contributed by atoms with van der Waals surface area (Å²) in [6, 6.07) is 0. The van der Waals surface area contributed by atoms with E-state index in [2.05, 4.69) is 15.9 Å². The van der Waals surface area contributed by atoms with E-state index in [1.165, 1.54) is 0 Å². The maximum atomic E-state index is 12.4. The van der Waals surface area contributed by atoms with Crippen LogP contribution in [0, 0.1) is 11.8 Å². The van der Waals surface area contributed by atoms with Gasteiger partial charge in [-0.05, 0) is 18.8 Å². The molecule has 0 aromatic heterocycles. The van der Waals surface area contributed by atoms with Crippen LogP contribution in [0.3, 0.4) is 0 Å². The summed E-state index contributed by atoms with van der Waals surface area (Å²) in [6.07, 6.45) is -1.27. The Balaban J connectivity index is 2.59. The standard InChI is InChI=1S/C8H12BrF3/c9-5-6-3-1-2-4-7(6)8(10,11)12/h6-7H,1-5H2. The van der Waals surface area contributed by atoms with Crippen molar-refractivity contribution in [2.24, 2.45) is 11.8 Å². The van der Waals surface area contributed by atoms with Gasteiger partial charge in [-0.15, -0.1) is 0 Å². The van der Waals surface area contributed by atoms with Gasteiger partial charge in [0.1, 0.15) is 0 Å². The normalized spacial score (nSPS) is 32.0. The quantitative estimate of drug-likeness (QED) is 0.617. The minimum atomic E-state index is -3.99. The Bertz CT molecular complexity index is 144. The fraction of sp³-hybridized carbons (Fsp3) is 1.00. The first-order chi connectivity index (χ1) is 5.55. The molecule has 12 heavy (non-hydrogen) atoms. The van der Waals surface area contributed by atoms with Crippen molar-refractivity contribution in [1.82, 2.24) is 0 Å². The van der Waals surface area contributed by atoms with Gasteiger partial charge >= 0.3 is 6.18 Å². The van der Waals surface area contributed by atoms with Crippen LogP contribution in [-0.4, -0.2) is 11.5 Å². The van der Waals surface area contributed by atoms with Gasteiger partial charge in [0.05, 0.1) is 5.92 Å².